The van der Waals surface area contributed by atoms with Gasteiger partial charge in [-0.3, -0.25) is 9.59 Å². The predicted molar refractivity (Wildman–Crippen MR) is 74.8 cm³/mol. The summed E-state index contributed by atoms with van der Waals surface area (Å²) in [7, 11) is 0. The average Bonchev–Trinajstić information content (AvgIpc) is 2.81. The van der Waals surface area contributed by atoms with E-state index < -0.39 is 23.0 Å². The molecule has 116 valence electrons. The average molecular weight is 329 g/mol. The van der Waals surface area contributed by atoms with Crippen molar-refractivity contribution in [3.8, 4) is 0 Å². The number of thiazole rings is 1. The first-order valence-corrected chi connectivity index (χ1v) is 6.76. The Labute approximate surface area is 127 Å². The lowest BCUT2D eigenvalue weighted by Crippen LogP contribution is -2.13. The van der Waals surface area contributed by atoms with Gasteiger partial charge in [-0.05, 0) is 31.2 Å². The first kappa shape index (κ1) is 16.0. The lowest BCUT2D eigenvalue weighted by molar-refractivity contribution is -0.137. The Hall–Kier alpha value is -2.42. The number of carbonyl (C=O) groups excluding carboxylic acids is 2. The Bertz CT molecular complexity index is 723. The predicted octanol–water partition coefficient (Wildman–Crippen LogP) is 2.82. The number of halogens is 3. The summed E-state index contributed by atoms with van der Waals surface area (Å²) in [4.78, 5) is 26.1. The van der Waals surface area contributed by atoms with Gasteiger partial charge in [0.25, 0.3) is 5.91 Å². The minimum absolute atomic E-state index is 0.00332. The second kappa shape index (κ2) is 5.76. The molecule has 1 heterocycles. The van der Waals surface area contributed by atoms with Crippen LogP contribution in [-0.2, 0) is 6.18 Å². The summed E-state index contributed by atoms with van der Waals surface area (Å²) in [5.74, 6) is -1.32. The van der Waals surface area contributed by atoms with Crippen molar-refractivity contribution in [3.63, 3.8) is 0 Å². The number of anilines is 1. The highest BCUT2D eigenvalue weighted by molar-refractivity contribution is 7.14. The molecule has 2 rings (SSSR count). The standard InChI is InChI=1S/C13H10F3N3O2S/c1-6-9(22-12(18-6)13(14,15)16)11(21)19-8-4-2-7(3-5-8)10(17)20/h2-5H,1H3,(H2,17,20)(H,19,21). The topological polar surface area (TPSA) is 85.1 Å². The van der Waals surface area contributed by atoms with Crippen LogP contribution >= 0.6 is 11.3 Å². The number of benzene rings is 1. The van der Waals surface area contributed by atoms with Crippen molar-refractivity contribution < 1.29 is 22.8 Å². The van der Waals surface area contributed by atoms with Crippen LogP contribution in [0.15, 0.2) is 24.3 Å². The van der Waals surface area contributed by atoms with Gasteiger partial charge in [0.2, 0.25) is 5.91 Å². The maximum atomic E-state index is 12.6. The quantitative estimate of drug-likeness (QED) is 0.908. The van der Waals surface area contributed by atoms with E-state index >= 15 is 0 Å². The lowest BCUT2D eigenvalue weighted by Gasteiger charge is -2.04. The maximum absolute atomic E-state index is 12.6. The Morgan fingerprint density at radius 1 is 1.23 bits per heavy atom. The molecule has 0 bridgehead atoms. The van der Waals surface area contributed by atoms with Gasteiger partial charge in [0, 0.05) is 11.3 Å². The van der Waals surface area contributed by atoms with Crippen LogP contribution in [0.3, 0.4) is 0 Å². The molecule has 0 unspecified atom stereocenters. The van der Waals surface area contributed by atoms with Crippen molar-refractivity contribution >= 4 is 28.8 Å². The van der Waals surface area contributed by atoms with E-state index in [-0.39, 0.29) is 27.5 Å². The summed E-state index contributed by atoms with van der Waals surface area (Å²) in [5.41, 5.74) is 5.67. The van der Waals surface area contributed by atoms with Gasteiger partial charge in [0.05, 0.1) is 5.69 Å². The third-order valence-electron chi connectivity index (χ3n) is 2.67. The minimum Gasteiger partial charge on any atom is -0.366 e. The Morgan fingerprint density at radius 2 is 1.82 bits per heavy atom. The fourth-order valence-corrected chi connectivity index (χ4v) is 2.46. The Balaban J connectivity index is 2.19. The number of amides is 2. The van der Waals surface area contributed by atoms with Gasteiger partial charge >= 0.3 is 6.18 Å². The van der Waals surface area contributed by atoms with Crippen LogP contribution in [0.4, 0.5) is 18.9 Å². The van der Waals surface area contributed by atoms with Crippen LogP contribution in [0.2, 0.25) is 0 Å². The molecule has 9 heteroatoms. The summed E-state index contributed by atoms with van der Waals surface area (Å²) < 4.78 is 37.7. The minimum atomic E-state index is -4.59. The van der Waals surface area contributed by atoms with Crippen molar-refractivity contribution in [1.82, 2.24) is 4.98 Å². The molecular weight excluding hydrogens is 319 g/mol. The number of hydrogen-bond acceptors (Lipinski definition) is 4. The molecule has 0 saturated carbocycles. The molecule has 5 nitrogen and oxygen atoms in total. The summed E-state index contributed by atoms with van der Waals surface area (Å²) in [5, 5.41) is 1.37. The summed E-state index contributed by atoms with van der Waals surface area (Å²) in [6.45, 7) is 1.33. The number of rotatable bonds is 3. The first-order valence-electron chi connectivity index (χ1n) is 5.94. The largest absolute Gasteiger partial charge is 0.443 e. The fraction of sp³-hybridized carbons (Fsp3) is 0.154. The third-order valence-corrected chi connectivity index (χ3v) is 3.87. The van der Waals surface area contributed by atoms with E-state index in [1.54, 1.807) is 0 Å². The summed E-state index contributed by atoms with van der Waals surface area (Å²) in [6, 6.07) is 5.66. The van der Waals surface area contributed by atoms with Crippen LogP contribution in [0.1, 0.15) is 30.7 Å². The van der Waals surface area contributed by atoms with E-state index in [9.17, 15) is 22.8 Å². The van der Waals surface area contributed by atoms with E-state index in [1.807, 2.05) is 0 Å². The van der Waals surface area contributed by atoms with Crippen molar-refractivity contribution in [2.45, 2.75) is 13.1 Å². The van der Waals surface area contributed by atoms with E-state index in [2.05, 4.69) is 10.3 Å². The normalized spacial score (nSPS) is 11.3. The second-order valence-electron chi connectivity index (χ2n) is 4.33. The van der Waals surface area contributed by atoms with Gasteiger partial charge in [-0.1, -0.05) is 0 Å². The van der Waals surface area contributed by atoms with Gasteiger partial charge in [-0.25, -0.2) is 4.98 Å². The molecule has 1 aromatic heterocycles. The molecule has 2 aromatic rings. The highest BCUT2D eigenvalue weighted by Crippen LogP contribution is 2.34. The number of alkyl halides is 3. The number of nitrogens with zero attached hydrogens (tertiary/aromatic N) is 1. The molecule has 0 spiro atoms. The fourth-order valence-electron chi connectivity index (χ4n) is 1.63. The van der Waals surface area contributed by atoms with Gasteiger partial charge in [0.15, 0.2) is 5.01 Å². The molecule has 0 aliphatic heterocycles. The monoisotopic (exact) mass is 329 g/mol. The number of aromatic nitrogens is 1. The molecule has 0 aliphatic rings. The third kappa shape index (κ3) is 3.42. The van der Waals surface area contributed by atoms with Crippen LogP contribution in [-0.4, -0.2) is 16.8 Å². The van der Waals surface area contributed by atoms with Crippen molar-refractivity contribution in [2.24, 2.45) is 5.73 Å². The SMILES string of the molecule is Cc1nc(C(F)(F)F)sc1C(=O)Nc1ccc(C(N)=O)cc1. The molecule has 0 atom stereocenters. The van der Waals surface area contributed by atoms with Crippen molar-refractivity contribution in [2.75, 3.05) is 5.32 Å². The van der Waals surface area contributed by atoms with E-state index in [0.717, 1.165) is 0 Å². The Kier molecular flexibility index (Phi) is 4.18. The molecule has 0 saturated heterocycles. The zero-order valence-electron chi connectivity index (χ0n) is 11.2. The van der Waals surface area contributed by atoms with Gasteiger partial charge in [0.1, 0.15) is 4.88 Å². The zero-order valence-corrected chi connectivity index (χ0v) is 12.0. The van der Waals surface area contributed by atoms with Crippen LogP contribution in [0.25, 0.3) is 0 Å². The number of carbonyl (C=O) groups is 2. The number of nitrogens with one attached hydrogen (secondary N) is 1. The van der Waals surface area contributed by atoms with Gasteiger partial charge in [-0.15, -0.1) is 11.3 Å². The lowest BCUT2D eigenvalue weighted by atomic mass is 10.2. The van der Waals surface area contributed by atoms with Gasteiger partial charge < -0.3 is 11.1 Å². The maximum Gasteiger partial charge on any atom is 0.443 e. The smallest absolute Gasteiger partial charge is 0.366 e. The highest BCUT2D eigenvalue weighted by Gasteiger charge is 2.36. The van der Waals surface area contributed by atoms with Crippen LogP contribution in [0.5, 0.6) is 0 Å². The second-order valence-corrected chi connectivity index (χ2v) is 5.33. The van der Waals surface area contributed by atoms with Crippen molar-refractivity contribution in [3.05, 3.63) is 45.4 Å². The summed E-state index contributed by atoms with van der Waals surface area (Å²) in [6.07, 6.45) is -4.59. The molecule has 0 fully saturated rings. The van der Waals surface area contributed by atoms with E-state index in [0.29, 0.717) is 5.69 Å². The number of aryl methyl sites for hydroxylation is 1. The van der Waals surface area contributed by atoms with Crippen molar-refractivity contribution in [1.29, 1.82) is 0 Å². The molecule has 3 N–H and O–H groups in total. The molecule has 0 radical (unpaired) electrons. The zero-order chi connectivity index (χ0) is 16.5. The molecule has 0 aliphatic carbocycles. The Morgan fingerprint density at radius 3 is 2.27 bits per heavy atom. The molecular formula is C13H10F3N3O2S. The molecule has 2 amide bonds. The van der Waals surface area contributed by atoms with Crippen LogP contribution in [0, 0.1) is 6.92 Å². The number of hydrogen-bond donors (Lipinski definition) is 2. The highest BCUT2D eigenvalue weighted by atomic mass is 32.1. The number of nitrogens with two attached hydrogens (primary N) is 1. The van der Waals surface area contributed by atoms with E-state index in [4.69, 9.17) is 5.73 Å². The molecule has 1 aromatic carbocycles. The first-order chi connectivity index (χ1) is 10.2. The van der Waals surface area contributed by atoms with E-state index in [1.165, 1.54) is 31.2 Å². The van der Waals surface area contributed by atoms with Crippen LogP contribution < -0.4 is 11.1 Å². The summed E-state index contributed by atoms with van der Waals surface area (Å²) >= 11 is 0.280. The number of primary amides is 1. The molecule has 22 heavy (non-hydrogen) atoms. The van der Waals surface area contributed by atoms with Gasteiger partial charge in [-0.2, -0.15) is 13.2 Å².